The summed E-state index contributed by atoms with van der Waals surface area (Å²) in [6.07, 6.45) is 1.15. The number of aliphatic hydroxyl groups is 1. The maximum absolute atomic E-state index is 12.9. The topological polar surface area (TPSA) is 101 Å². The van der Waals surface area contributed by atoms with Crippen LogP contribution in [-0.2, 0) is 6.42 Å². The van der Waals surface area contributed by atoms with Crippen LogP contribution < -0.4 is 23.7 Å². The number of aliphatic hydroxyl groups excluding tert-OH is 1. The van der Waals surface area contributed by atoms with Gasteiger partial charge in [-0.1, -0.05) is 6.92 Å². The van der Waals surface area contributed by atoms with E-state index in [0.29, 0.717) is 52.2 Å². The molecule has 2 aromatic rings. The Morgan fingerprint density at radius 2 is 1.47 bits per heavy atom. The van der Waals surface area contributed by atoms with Gasteiger partial charge in [0.15, 0.2) is 34.6 Å². The fourth-order valence-electron chi connectivity index (χ4n) is 3.16. The Morgan fingerprint density at radius 3 is 1.97 bits per heavy atom. The van der Waals surface area contributed by atoms with E-state index in [-0.39, 0.29) is 31.0 Å². The zero-order valence-corrected chi connectivity index (χ0v) is 19.9. The summed E-state index contributed by atoms with van der Waals surface area (Å²) in [6, 6.07) is 3.13. The van der Waals surface area contributed by atoms with Crippen molar-refractivity contribution in [2.24, 2.45) is 0 Å². The van der Waals surface area contributed by atoms with Crippen LogP contribution in [0.15, 0.2) is 12.1 Å². The lowest BCUT2D eigenvalue weighted by Gasteiger charge is -2.13. The fourth-order valence-corrected chi connectivity index (χ4v) is 4.33. The van der Waals surface area contributed by atoms with E-state index in [4.69, 9.17) is 23.7 Å². The van der Waals surface area contributed by atoms with Gasteiger partial charge in [0.05, 0.1) is 39.9 Å². The minimum absolute atomic E-state index is 0.000983. The first kappa shape index (κ1) is 25.5. The van der Waals surface area contributed by atoms with Crippen LogP contribution >= 0.6 is 11.3 Å². The molecule has 1 aromatic carbocycles. The molecule has 2 rings (SSSR count). The minimum atomic E-state index is -0.230. The van der Waals surface area contributed by atoms with Gasteiger partial charge in [-0.05, 0) is 18.6 Å². The van der Waals surface area contributed by atoms with Crippen LogP contribution in [0.3, 0.4) is 0 Å². The number of methoxy groups -OCH3 is 4. The summed E-state index contributed by atoms with van der Waals surface area (Å²) in [7, 11) is 5.90. The molecule has 0 unspecified atom stereocenters. The van der Waals surface area contributed by atoms with Gasteiger partial charge >= 0.3 is 0 Å². The minimum Gasteiger partial charge on any atom is -0.493 e. The Balaban J connectivity index is 2.23. The molecular weight excluding hydrogens is 436 g/mol. The Bertz CT molecular complexity index is 909. The molecule has 1 heterocycles. The van der Waals surface area contributed by atoms with Gasteiger partial charge in [0, 0.05) is 31.4 Å². The Hall–Kier alpha value is -2.78. The molecular formula is C23H30O8S. The lowest BCUT2D eigenvalue weighted by molar-refractivity contribution is 0.0917. The number of Topliss-reactive ketones (excluding diaryl/α,β-unsaturated/α-hetero) is 2. The van der Waals surface area contributed by atoms with Crippen LogP contribution in [0.5, 0.6) is 28.7 Å². The quantitative estimate of drug-likeness (QED) is 0.418. The van der Waals surface area contributed by atoms with Gasteiger partial charge in [-0.15, -0.1) is 11.3 Å². The van der Waals surface area contributed by atoms with E-state index in [1.807, 2.05) is 6.92 Å². The highest BCUT2D eigenvalue weighted by molar-refractivity contribution is 7.14. The molecule has 8 nitrogen and oxygen atoms in total. The smallest absolute Gasteiger partial charge is 0.203 e. The maximum atomic E-state index is 12.9. The van der Waals surface area contributed by atoms with Crippen LogP contribution in [-0.4, -0.2) is 58.3 Å². The van der Waals surface area contributed by atoms with Crippen LogP contribution in [0.1, 0.15) is 51.1 Å². The Kier molecular flexibility index (Phi) is 9.80. The van der Waals surface area contributed by atoms with Gasteiger partial charge in [0.2, 0.25) is 5.75 Å². The number of carbonyl (C=O) groups is 2. The van der Waals surface area contributed by atoms with Crippen LogP contribution in [0.4, 0.5) is 0 Å². The molecule has 0 radical (unpaired) electrons. The summed E-state index contributed by atoms with van der Waals surface area (Å²) in [5, 5.41) is 9.36. The second-order valence-corrected chi connectivity index (χ2v) is 7.90. The van der Waals surface area contributed by atoms with Crippen molar-refractivity contribution in [3.8, 4) is 28.7 Å². The average Bonchev–Trinajstić information content (AvgIpc) is 3.17. The monoisotopic (exact) mass is 466 g/mol. The summed E-state index contributed by atoms with van der Waals surface area (Å²) in [6.45, 7) is 2.38. The molecule has 0 fully saturated rings. The van der Waals surface area contributed by atoms with Gasteiger partial charge in [-0.3, -0.25) is 9.59 Å². The van der Waals surface area contributed by atoms with Crippen molar-refractivity contribution in [2.45, 2.75) is 32.6 Å². The van der Waals surface area contributed by atoms with E-state index in [1.165, 1.54) is 39.8 Å². The molecule has 0 amide bonds. The molecule has 32 heavy (non-hydrogen) atoms. The molecule has 0 aliphatic heterocycles. The second kappa shape index (κ2) is 12.3. The number of benzene rings is 1. The summed E-state index contributed by atoms with van der Waals surface area (Å²) >= 11 is 1.23. The van der Waals surface area contributed by atoms with Crippen molar-refractivity contribution in [3.63, 3.8) is 0 Å². The third kappa shape index (κ3) is 5.72. The largest absolute Gasteiger partial charge is 0.493 e. The zero-order chi connectivity index (χ0) is 23.7. The Morgan fingerprint density at radius 1 is 0.875 bits per heavy atom. The first-order chi connectivity index (χ1) is 15.4. The van der Waals surface area contributed by atoms with E-state index in [2.05, 4.69) is 0 Å². The highest BCUT2D eigenvalue weighted by Crippen LogP contribution is 2.43. The van der Waals surface area contributed by atoms with E-state index in [1.54, 1.807) is 12.1 Å². The van der Waals surface area contributed by atoms with Crippen molar-refractivity contribution >= 4 is 22.9 Å². The fraction of sp³-hybridized carbons (Fsp3) is 0.478. The molecule has 0 aliphatic rings. The number of ketones is 2. The predicted molar refractivity (Wildman–Crippen MR) is 121 cm³/mol. The predicted octanol–water partition coefficient (Wildman–Crippen LogP) is 3.95. The van der Waals surface area contributed by atoms with E-state index in [0.717, 1.165) is 11.3 Å². The van der Waals surface area contributed by atoms with Gasteiger partial charge in [-0.25, -0.2) is 0 Å². The summed E-state index contributed by atoms with van der Waals surface area (Å²) in [5.74, 6) is 1.52. The second-order valence-electron chi connectivity index (χ2n) is 6.80. The molecule has 0 saturated carbocycles. The number of carbonyl (C=O) groups excluding carboxylic acids is 2. The molecule has 176 valence electrons. The third-order valence-electron chi connectivity index (χ3n) is 4.70. The van der Waals surface area contributed by atoms with Crippen molar-refractivity contribution in [1.29, 1.82) is 0 Å². The van der Waals surface area contributed by atoms with E-state index in [9.17, 15) is 14.7 Å². The summed E-state index contributed by atoms with van der Waals surface area (Å²) in [5.41, 5.74) is 0.360. The van der Waals surface area contributed by atoms with Crippen LogP contribution in [0.2, 0.25) is 0 Å². The van der Waals surface area contributed by atoms with Crippen molar-refractivity contribution in [3.05, 3.63) is 27.5 Å². The third-order valence-corrected chi connectivity index (χ3v) is 5.96. The highest BCUT2D eigenvalue weighted by Gasteiger charge is 2.26. The van der Waals surface area contributed by atoms with Gasteiger partial charge in [0.25, 0.3) is 0 Å². The molecule has 0 aliphatic carbocycles. The molecule has 9 heteroatoms. The number of hydrogen-bond acceptors (Lipinski definition) is 9. The number of rotatable bonds is 14. The van der Waals surface area contributed by atoms with Crippen molar-refractivity contribution < 1.29 is 38.4 Å². The standard InChI is InChI=1S/C23H30O8S/c1-6-11-31-21-19(9-10-24)32-23(22(21)30-5)16(26)8-7-15(25)14-12-17(27-2)20(29-4)18(13-14)28-3/h12-13,24H,6-11H2,1-5H3. The van der Waals surface area contributed by atoms with E-state index < -0.39 is 0 Å². The number of hydrogen-bond donors (Lipinski definition) is 1. The normalized spacial score (nSPS) is 10.6. The van der Waals surface area contributed by atoms with Crippen LogP contribution in [0, 0.1) is 0 Å². The molecule has 0 spiro atoms. The number of thiophene rings is 1. The lowest BCUT2D eigenvalue weighted by Crippen LogP contribution is -2.07. The SMILES string of the molecule is CCCOc1c(CCO)sc(C(=O)CCC(=O)c2cc(OC)c(OC)c(OC)c2)c1OC. The van der Waals surface area contributed by atoms with Gasteiger partial charge in [0.1, 0.15) is 4.88 Å². The molecule has 0 atom stereocenters. The first-order valence-corrected chi connectivity index (χ1v) is 11.1. The average molecular weight is 467 g/mol. The first-order valence-electron chi connectivity index (χ1n) is 10.2. The Labute approximate surface area is 192 Å². The highest BCUT2D eigenvalue weighted by atomic mass is 32.1. The zero-order valence-electron chi connectivity index (χ0n) is 19.1. The van der Waals surface area contributed by atoms with E-state index >= 15 is 0 Å². The summed E-state index contributed by atoms with van der Waals surface area (Å²) < 4.78 is 27.1. The van der Waals surface area contributed by atoms with Crippen molar-refractivity contribution in [2.75, 3.05) is 41.7 Å². The molecule has 1 aromatic heterocycles. The van der Waals surface area contributed by atoms with Crippen LogP contribution in [0.25, 0.3) is 0 Å². The van der Waals surface area contributed by atoms with Crippen molar-refractivity contribution in [1.82, 2.24) is 0 Å². The lowest BCUT2D eigenvalue weighted by atomic mass is 10.0. The summed E-state index contributed by atoms with van der Waals surface area (Å²) in [4.78, 5) is 26.9. The molecule has 0 saturated heterocycles. The number of ether oxygens (including phenoxy) is 5. The van der Waals surface area contributed by atoms with Gasteiger partial charge < -0.3 is 28.8 Å². The molecule has 1 N–H and O–H groups in total. The van der Waals surface area contributed by atoms with Gasteiger partial charge in [-0.2, -0.15) is 0 Å². The maximum Gasteiger partial charge on any atom is 0.203 e. The molecule has 0 bridgehead atoms.